The highest BCUT2D eigenvalue weighted by atomic mass is 32.2. The summed E-state index contributed by atoms with van der Waals surface area (Å²) in [5.41, 5.74) is 2.24. The highest BCUT2D eigenvalue weighted by molar-refractivity contribution is 8.02. The smallest absolute Gasteiger partial charge is 0.237 e. The zero-order valence-corrected chi connectivity index (χ0v) is 19.1. The van der Waals surface area contributed by atoms with Gasteiger partial charge in [-0.1, -0.05) is 59.5 Å². The first-order valence-electron chi connectivity index (χ1n) is 9.91. The third kappa shape index (κ3) is 5.63. The van der Waals surface area contributed by atoms with E-state index in [2.05, 4.69) is 26.1 Å². The number of amides is 2. The van der Waals surface area contributed by atoms with Crippen molar-refractivity contribution in [2.75, 3.05) is 16.0 Å². The van der Waals surface area contributed by atoms with E-state index >= 15 is 0 Å². The van der Waals surface area contributed by atoms with Crippen LogP contribution >= 0.6 is 23.1 Å². The van der Waals surface area contributed by atoms with Crippen LogP contribution in [0.2, 0.25) is 0 Å². The van der Waals surface area contributed by atoms with E-state index in [0.29, 0.717) is 15.2 Å². The molecule has 1 heterocycles. The van der Waals surface area contributed by atoms with Crippen LogP contribution in [0.3, 0.4) is 0 Å². The minimum Gasteiger partial charge on any atom is -0.330 e. The maximum Gasteiger partial charge on any atom is 0.237 e. The standard InChI is InChI=1S/C23H21N5O2S2/c1-14(21(30)25-20-11-10-16-6-3-4-7-17(16)12-20)31-23-28-27-22(32-23)26-19-9-5-8-18(13-19)24-15(2)29/h3-14H,1-2H3,(H,24,29)(H,25,30)(H,26,27). The van der Waals surface area contributed by atoms with Crippen molar-refractivity contribution in [3.63, 3.8) is 0 Å². The van der Waals surface area contributed by atoms with Crippen LogP contribution in [-0.4, -0.2) is 27.3 Å². The van der Waals surface area contributed by atoms with E-state index < -0.39 is 0 Å². The number of carbonyl (C=O) groups is 2. The zero-order valence-electron chi connectivity index (χ0n) is 17.5. The minimum atomic E-state index is -0.342. The van der Waals surface area contributed by atoms with Crippen LogP contribution in [-0.2, 0) is 9.59 Å². The SMILES string of the molecule is CC(=O)Nc1cccc(Nc2nnc(SC(C)C(=O)Nc3ccc4ccccc4c3)s2)c1. The Morgan fingerprint density at radius 2 is 1.62 bits per heavy atom. The van der Waals surface area contributed by atoms with Gasteiger partial charge in [-0.2, -0.15) is 0 Å². The molecule has 9 heteroatoms. The molecule has 2 amide bonds. The molecular formula is C23H21N5O2S2. The molecule has 1 unspecified atom stereocenters. The van der Waals surface area contributed by atoms with Crippen molar-refractivity contribution in [1.82, 2.24) is 10.2 Å². The first kappa shape index (κ1) is 21.8. The van der Waals surface area contributed by atoms with Gasteiger partial charge in [0.2, 0.25) is 16.9 Å². The molecule has 0 saturated heterocycles. The van der Waals surface area contributed by atoms with Crippen molar-refractivity contribution in [3.05, 3.63) is 66.7 Å². The highest BCUT2D eigenvalue weighted by Crippen LogP contribution is 2.31. The average molecular weight is 464 g/mol. The molecule has 1 aromatic heterocycles. The predicted molar refractivity (Wildman–Crippen MR) is 132 cm³/mol. The fourth-order valence-electron chi connectivity index (χ4n) is 3.03. The summed E-state index contributed by atoms with van der Waals surface area (Å²) >= 11 is 2.72. The quantitative estimate of drug-likeness (QED) is 0.313. The van der Waals surface area contributed by atoms with E-state index in [-0.39, 0.29) is 17.1 Å². The maximum absolute atomic E-state index is 12.7. The molecule has 0 bridgehead atoms. The van der Waals surface area contributed by atoms with E-state index in [0.717, 1.165) is 22.1 Å². The van der Waals surface area contributed by atoms with Crippen LogP contribution in [0.4, 0.5) is 22.2 Å². The van der Waals surface area contributed by atoms with Crippen LogP contribution in [0.25, 0.3) is 10.8 Å². The van der Waals surface area contributed by atoms with Crippen molar-refractivity contribution in [1.29, 1.82) is 0 Å². The third-order valence-corrected chi connectivity index (χ3v) is 6.53. The molecule has 162 valence electrons. The number of hydrogen-bond acceptors (Lipinski definition) is 7. The monoisotopic (exact) mass is 463 g/mol. The maximum atomic E-state index is 12.7. The fourth-order valence-corrected chi connectivity index (χ4v) is 4.94. The first-order valence-corrected chi connectivity index (χ1v) is 11.6. The Balaban J connectivity index is 1.36. The lowest BCUT2D eigenvalue weighted by atomic mass is 10.1. The van der Waals surface area contributed by atoms with Crippen LogP contribution in [0.15, 0.2) is 71.1 Å². The number of hydrogen-bond donors (Lipinski definition) is 3. The highest BCUT2D eigenvalue weighted by Gasteiger charge is 2.17. The number of thioether (sulfide) groups is 1. The normalized spacial score (nSPS) is 11.7. The first-order chi connectivity index (χ1) is 15.5. The number of nitrogens with zero attached hydrogens (tertiary/aromatic N) is 2. The van der Waals surface area contributed by atoms with Gasteiger partial charge in [-0.3, -0.25) is 9.59 Å². The molecule has 0 saturated carbocycles. The van der Waals surface area contributed by atoms with Crippen LogP contribution in [0, 0.1) is 0 Å². The van der Waals surface area contributed by atoms with Gasteiger partial charge in [0.25, 0.3) is 0 Å². The molecule has 3 aromatic carbocycles. The second-order valence-electron chi connectivity index (χ2n) is 7.07. The Labute approximate surface area is 193 Å². The average Bonchev–Trinajstić information content (AvgIpc) is 3.20. The summed E-state index contributed by atoms with van der Waals surface area (Å²) in [5.74, 6) is -0.231. The van der Waals surface area contributed by atoms with E-state index in [1.165, 1.54) is 30.0 Å². The van der Waals surface area contributed by atoms with E-state index in [4.69, 9.17) is 0 Å². The Morgan fingerprint density at radius 3 is 2.44 bits per heavy atom. The molecule has 0 radical (unpaired) electrons. The largest absolute Gasteiger partial charge is 0.330 e. The van der Waals surface area contributed by atoms with Gasteiger partial charge in [0.15, 0.2) is 4.34 Å². The number of carbonyl (C=O) groups excluding carboxylic acids is 2. The lowest BCUT2D eigenvalue weighted by Crippen LogP contribution is -2.22. The number of anilines is 4. The Bertz CT molecular complexity index is 1270. The van der Waals surface area contributed by atoms with E-state index in [1.807, 2.05) is 73.7 Å². The molecule has 0 spiro atoms. The summed E-state index contributed by atoms with van der Waals surface area (Å²) in [5, 5.41) is 19.7. The molecule has 0 aliphatic carbocycles. The van der Waals surface area contributed by atoms with Gasteiger partial charge in [-0.25, -0.2) is 0 Å². The Morgan fingerprint density at radius 1 is 0.875 bits per heavy atom. The molecule has 1 atom stereocenters. The third-order valence-electron chi connectivity index (χ3n) is 4.50. The summed E-state index contributed by atoms with van der Waals surface area (Å²) in [6.07, 6.45) is 0. The molecule has 7 nitrogen and oxygen atoms in total. The Kier molecular flexibility index (Phi) is 6.67. The van der Waals surface area contributed by atoms with Crippen LogP contribution in [0.5, 0.6) is 0 Å². The lowest BCUT2D eigenvalue weighted by molar-refractivity contribution is -0.115. The lowest BCUT2D eigenvalue weighted by Gasteiger charge is -2.11. The summed E-state index contributed by atoms with van der Waals surface area (Å²) in [6.45, 7) is 3.30. The Hall–Kier alpha value is -3.43. The summed E-state index contributed by atoms with van der Waals surface area (Å²) in [4.78, 5) is 23.9. The summed E-state index contributed by atoms with van der Waals surface area (Å²) in [6, 6.07) is 21.2. The molecule has 0 aliphatic rings. The van der Waals surface area contributed by atoms with Crippen molar-refractivity contribution in [3.8, 4) is 0 Å². The fraction of sp³-hybridized carbons (Fsp3) is 0.130. The van der Waals surface area contributed by atoms with Gasteiger partial charge in [-0.05, 0) is 48.0 Å². The van der Waals surface area contributed by atoms with Gasteiger partial charge >= 0.3 is 0 Å². The second-order valence-corrected chi connectivity index (χ2v) is 9.64. The van der Waals surface area contributed by atoms with Gasteiger partial charge in [0.05, 0.1) is 5.25 Å². The summed E-state index contributed by atoms with van der Waals surface area (Å²) in [7, 11) is 0. The molecule has 0 aliphatic heterocycles. The topological polar surface area (TPSA) is 96.0 Å². The zero-order chi connectivity index (χ0) is 22.5. The second kappa shape index (κ2) is 9.80. The van der Waals surface area contributed by atoms with Crippen molar-refractivity contribution in [2.24, 2.45) is 0 Å². The molecular weight excluding hydrogens is 442 g/mol. The van der Waals surface area contributed by atoms with Crippen molar-refractivity contribution >= 4 is 67.9 Å². The van der Waals surface area contributed by atoms with Crippen LogP contribution in [0.1, 0.15) is 13.8 Å². The minimum absolute atomic E-state index is 0.0991. The number of fused-ring (bicyclic) bond motifs is 1. The van der Waals surface area contributed by atoms with Gasteiger partial charge in [-0.15, -0.1) is 10.2 Å². The van der Waals surface area contributed by atoms with Gasteiger partial charge in [0, 0.05) is 24.0 Å². The number of rotatable bonds is 7. The van der Waals surface area contributed by atoms with Crippen molar-refractivity contribution in [2.45, 2.75) is 23.4 Å². The molecule has 4 aromatic rings. The number of benzene rings is 3. The predicted octanol–water partition coefficient (Wildman–Crippen LogP) is 5.51. The van der Waals surface area contributed by atoms with Gasteiger partial charge in [0.1, 0.15) is 0 Å². The van der Waals surface area contributed by atoms with Crippen molar-refractivity contribution < 1.29 is 9.59 Å². The molecule has 4 rings (SSSR count). The number of aromatic nitrogens is 2. The van der Waals surface area contributed by atoms with E-state index in [9.17, 15) is 9.59 Å². The number of nitrogens with one attached hydrogen (secondary N) is 3. The molecule has 32 heavy (non-hydrogen) atoms. The summed E-state index contributed by atoms with van der Waals surface area (Å²) < 4.78 is 0.687. The molecule has 0 fully saturated rings. The van der Waals surface area contributed by atoms with E-state index in [1.54, 1.807) is 0 Å². The van der Waals surface area contributed by atoms with Crippen LogP contribution < -0.4 is 16.0 Å². The van der Waals surface area contributed by atoms with Gasteiger partial charge < -0.3 is 16.0 Å². The molecule has 3 N–H and O–H groups in total.